The van der Waals surface area contributed by atoms with Gasteiger partial charge in [-0.25, -0.2) is 4.79 Å². The van der Waals surface area contributed by atoms with Gasteiger partial charge in [-0.05, 0) is 86.3 Å². The molecular formula is C27H39N3O3. The third-order valence-electron chi connectivity index (χ3n) is 6.73. The summed E-state index contributed by atoms with van der Waals surface area (Å²) in [4.78, 5) is 15.8. The Morgan fingerprint density at radius 1 is 1.09 bits per heavy atom. The van der Waals surface area contributed by atoms with Crippen molar-refractivity contribution in [3.8, 4) is 16.9 Å². The molecule has 0 aliphatic heterocycles. The van der Waals surface area contributed by atoms with Gasteiger partial charge in [-0.2, -0.15) is 0 Å². The highest BCUT2D eigenvalue weighted by Crippen LogP contribution is 2.35. The van der Waals surface area contributed by atoms with Gasteiger partial charge in [-0.15, -0.1) is 0 Å². The van der Waals surface area contributed by atoms with Crippen LogP contribution in [0.5, 0.6) is 5.75 Å². The number of carbonyl (C=O) groups is 1. The first-order valence-electron chi connectivity index (χ1n) is 11.9. The fourth-order valence-corrected chi connectivity index (χ4v) is 5.18. The number of hydrogen-bond acceptors (Lipinski definition) is 4. The molecule has 6 nitrogen and oxygen atoms in total. The lowest BCUT2D eigenvalue weighted by Crippen LogP contribution is -2.50. The van der Waals surface area contributed by atoms with Crippen LogP contribution in [0.25, 0.3) is 11.1 Å². The van der Waals surface area contributed by atoms with E-state index in [1.807, 2.05) is 19.9 Å². The van der Waals surface area contributed by atoms with Crippen LogP contribution in [0, 0.1) is 25.2 Å². The normalized spacial score (nSPS) is 19.7. The molecule has 0 saturated heterocycles. The smallest absolute Gasteiger partial charge is 0.404 e. The minimum atomic E-state index is -0.929. The zero-order valence-corrected chi connectivity index (χ0v) is 20.9. The van der Waals surface area contributed by atoms with Crippen molar-refractivity contribution >= 4 is 6.09 Å². The second-order valence-corrected chi connectivity index (χ2v) is 10.5. The summed E-state index contributed by atoms with van der Waals surface area (Å²) in [5, 5.41) is 15.8. The number of hydrogen-bond donors (Lipinski definition) is 3. The van der Waals surface area contributed by atoms with Gasteiger partial charge in [-0.3, -0.25) is 4.98 Å². The number of rotatable bonds is 7. The number of pyridine rings is 1. The molecule has 0 spiro atoms. The average Bonchev–Trinajstić information content (AvgIpc) is 2.75. The van der Waals surface area contributed by atoms with E-state index >= 15 is 0 Å². The van der Waals surface area contributed by atoms with Crippen molar-refractivity contribution in [3.05, 3.63) is 47.3 Å². The number of nitrogens with one attached hydrogen (secondary N) is 2. The molecule has 33 heavy (non-hydrogen) atoms. The zero-order chi connectivity index (χ0) is 24.2. The van der Waals surface area contributed by atoms with Gasteiger partial charge in [0.2, 0.25) is 0 Å². The predicted octanol–water partition coefficient (Wildman–Crippen LogP) is 5.70. The number of methoxy groups -OCH3 is 1. The first-order chi connectivity index (χ1) is 15.6. The standard InChI is InChI=1S/C27H39N3O3/c1-17-13-21(14-18(2)29-17)20-9-12-24(33-6)22(15-20)16-28-23-10-7-19(8-11-23)25(27(3,4)5)30-26(31)32/h9,12-15,19,23,25,28,30H,7-8,10-11,16H2,1-6H3,(H,31,32). The summed E-state index contributed by atoms with van der Waals surface area (Å²) in [7, 11) is 1.71. The van der Waals surface area contributed by atoms with Crippen molar-refractivity contribution in [2.45, 2.75) is 78.9 Å². The maximum Gasteiger partial charge on any atom is 0.404 e. The van der Waals surface area contributed by atoms with Gasteiger partial charge in [0.25, 0.3) is 0 Å². The number of aromatic nitrogens is 1. The molecule has 1 saturated carbocycles. The van der Waals surface area contributed by atoms with Crippen molar-refractivity contribution < 1.29 is 14.6 Å². The van der Waals surface area contributed by atoms with Gasteiger partial charge in [0.15, 0.2) is 0 Å². The largest absolute Gasteiger partial charge is 0.496 e. The van der Waals surface area contributed by atoms with E-state index in [1.165, 1.54) is 5.56 Å². The molecule has 0 radical (unpaired) electrons. The Balaban J connectivity index is 1.65. The minimum Gasteiger partial charge on any atom is -0.496 e. The van der Waals surface area contributed by atoms with Gasteiger partial charge in [0.1, 0.15) is 5.75 Å². The van der Waals surface area contributed by atoms with E-state index in [-0.39, 0.29) is 11.5 Å². The van der Waals surface area contributed by atoms with Crippen LogP contribution in [0.1, 0.15) is 63.4 Å². The summed E-state index contributed by atoms with van der Waals surface area (Å²) < 4.78 is 5.63. The second-order valence-electron chi connectivity index (χ2n) is 10.5. The van der Waals surface area contributed by atoms with Crippen molar-refractivity contribution in [1.29, 1.82) is 0 Å². The van der Waals surface area contributed by atoms with Crippen molar-refractivity contribution in [3.63, 3.8) is 0 Å². The quantitative estimate of drug-likeness (QED) is 0.500. The minimum absolute atomic E-state index is 0.0278. The molecule has 6 heteroatoms. The first kappa shape index (κ1) is 25.0. The molecular weight excluding hydrogens is 414 g/mol. The molecule has 0 bridgehead atoms. The van der Waals surface area contributed by atoms with Gasteiger partial charge in [-0.1, -0.05) is 26.8 Å². The van der Waals surface area contributed by atoms with Crippen LogP contribution in [0.2, 0.25) is 0 Å². The van der Waals surface area contributed by atoms with Crippen LogP contribution in [-0.2, 0) is 6.54 Å². The summed E-state index contributed by atoms with van der Waals surface area (Å²) >= 11 is 0. The maximum absolute atomic E-state index is 11.3. The topological polar surface area (TPSA) is 83.5 Å². The highest BCUT2D eigenvalue weighted by Gasteiger charge is 2.35. The molecule has 1 amide bonds. The number of amides is 1. The summed E-state index contributed by atoms with van der Waals surface area (Å²) in [5.74, 6) is 1.26. The SMILES string of the molecule is COc1ccc(-c2cc(C)nc(C)c2)cc1CNC1CCC(C(NC(=O)O)C(C)(C)C)CC1. The van der Waals surface area contributed by atoms with Crippen molar-refractivity contribution in [2.24, 2.45) is 11.3 Å². The van der Waals surface area contributed by atoms with Crippen LogP contribution >= 0.6 is 0 Å². The summed E-state index contributed by atoms with van der Waals surface area (Å²) in [5.41, 5.74) is 5.41. The Labute approximate surface area is 198 Å². The number of benzene rings is 1. The third-order valence-corrected chi connectivity index (χ3v) is 6.73. The molecule has 3 rings (SSSR count). The molecule has 1 aromatic heterocycles. The average molecular weight is 454 g/mol. The summed E-state index contributed by atoms with van der Waals surface area (Å²) in [6.45, 7) is 11.1. The van der Waals surface area contributed by atoms with Crippen LogP contribution in [0.3, 0.4) is 0 Å². The second kappa shape index (κ2) is 10.6. The van der Waals surface area contributed by atoms with E-state index in [0.29, 0.717) is 12.0 Å². The molecule has 1 aliphatic rings. The predicted molar refractivity (Wildman–Crippen MR) is 133 cm³/mol. The van der Waals surface area contributed by atoms with Crippen LogP contribution < -0.4 is 15.4 Å². The number of aryl methyl sites for hydroxylation is 2. The van der Waals surface area contributed by atoms with Crippen molar-refractivity contribution in [2.75, 3.05) is 7.11 Å². The zero-order valence-electron chi connectivity index (χ0n) is 20.9. The third kappa shape index (κ3) is 6.70. The molecule has 1 aliphatic carbocycles. The number of carboxylic acid groups (broad SMARTS) is 1. The lowest BCUT2D eigenvalue weighted by molar-refractivity contribution is 0.129. The molecule has 1 aromatic carbocycles. The maximum atomic E-state index is 11.3. The van der Waals surface area contributed by atoms with Gasteiger partial charge >= 0.3 is 6.09 Å². The lowest BCUT2D eigenvalue weighted by Gasteiger charge is -2.40. The van der Waals surface area contributed by atoms with Gasteiger partial charge in [0, 0.05) is 35.6 Å². The van der Waals surface area contributed by atoms with E-state index in [9.17, 15) is 9.90 Å². The van der Waals surface area contributed by atoms with E-state index < -0.39 is 6.09 Å². The fourth-order valence-electron chi connectivity index (χ4n) is 5.18. The Hall–Kier alpha value is -2.60. The Bertz CT molecular complexity index is 939. The van der Waals surface area contributed by atoms with E-state index in [1.54, 1.807) is 7.11 Å². The Morgan fingerprint density at radius 3 is 2.27 bits per heavy atom. The first-order valence-corrected chi connectivity index (χ1v) is 11.9. The molecule has 2 aromatic rings. The summed E-state index contributed by atoms with van der Waals surface area (Å²) in [6, 6.07) is 11.0. The van der Waals surface area contributed by atoms with Crippen LogP contribution in [0.15, 0.2) is 30.3 Å². The highest BCUT2D eigenvalue weighted by atomic mass is 16.5. The fraction of sp³-hybridized carbons (Fsp3) is 0.556. The highest BCUT2D eigenvalue weighted by molar-refractivity contribution is 5.66. The van der Waals surface area contributed by atoms with Crippen LogP contribution in [0.4, 0.5) is 4.79 Å². The molecule has 3 N–H and O–H groups in total. The molecule has 1 atom stereocenters. The Morgan fingerprint density at radius 2 is 1.73 bits per heavy atom. The monoisotopic (exact) mass is 453 g/mol. The van der Waals surface area contributed by atoms with Crippen molar-refractivity contribution in [1.82, 2.24) is 15.6 Å². The number of nitrogens with zero attached hydrogens (tertiary/aromatic N) is 1. The molecule has 1 fully saturated rings. The van der Waals surface area contributed by atoms with Crippen LogP contribution in [-0.4, -0.2) is 35.4 Å². The summed E-state index contributed by atoms with van der Waals surface area (Å²) in [6.07, 6.45) is 3.20. The number of ether oxygens (including phenoxy) is 1. The van der Waals surface area contributed by atoms with E-state index in [4.69, 9.17) is 4.74 Å². The van der Waals surface area contributed by atoms with Gasteiger partial charge < -0.3 is 20.5 Å². The van der Waals surface area contributed by atoms with Gasteiger partial charge in [0.05, 0.1) is 7.11 Å². The van der Waals surface area contributed by atoms with E-state index in [2.05, 4.69) is 60.7 Å². The molecule has 1 unspecified atom stereocenters. The Kier molecular flexibility index (Phi) is 8.01. The molecule has 180 valence electrons. The lowest BCUT2D eigenvalue weighted by atomic mass is 9.72. The molecule has 1 heterocycles. The van der Waals surface area contributed by atoms with E-state index in [0.717, 1.165) is 60.5 Å².